The minimum atomic E-state index is -0.945. The number of benzene rings is 1. The molecule has 0 spiro atoms. The van der Waals surface area contributed by atoms with E-state index in [0.717, 1.165) is 11.6 Å². The van der Waals surface area contributed by atoms with Gasteiger partial charge in [-0.05, 0) is 17.7 Å². The molecular weight excluding hydrogens is 242 g/mol. The lowest BCUT2D eigenvalue weighted by Gasteiger charge is -2.06. The zero-order valence-corrected chi connectivity index (χ0v) is 10.2. The minimum absolute atomic E-state index is 0.496. The molecule has 0 saturated carbocycles. The monoisotopic (exact) mass is 255 g/mol. The van der Waals surface area contributed by atoms with Crippen LogP contribution in [0.2, 0.25) is 5.02 Å². The molecule has 1 aromatic carbocycles. The van der Waals surface area contributed by atoms with Gasteiger partial charge in [0, 0.05) is 19.2 Å². The van der Waals surface area contributed by atoms with Gasteiger partial charge in [-0.15, -0.1) is 0 Å². The van der Waals surface area contributed by atoms with E-state index in [1.165, 1.54) is 0 Å². The highest BCUT2D eigenvalue weighted by Gasteiger charge is 2.00. The first-order chi connectivity index (χ1) is 8.13. The quantitative estimate of drug-likeness (QED) is 0.604. The van der Waals surface area contributed by atoms with Gasteiger partial charge in [0.05, 0.1) is 12.1 Å². The van der Waals surface area contributed by atoms with Crippen LogP contribution in [0.15, 0.2) is 30.4 Å². The van der Waals surface area contributed by atoms with Crippen LogP contribution in [0.5, 0.6) is 5.75 Å². The minimum Gasteiger partial charge on any atom is -0.495 e. The van der Waals surface area contributed by atoms with E-state index in [2.05, 4.69) is 5.32 Å². The standard InChI is InChI=1S/C12H14ClNO3/c1-17-11-5-4-9(7-10(11)13)8-14-6-2-3-12(15)16/h2-5,7,14H,6,8H2,1H3,(H,15,16)/b3-2+. The highest BCUT2D eigenvalue weighted by molar-refractivity contribution is 6.32. The van der Waals surface area contributed by atoms with Crippen molar-refractivity contribution in [3.05, 3.63) is 40.9 Å². The van der Waals surface area contributed by atoms with Crippen molar-refractivity contribution >= 4 is 17.6 Å². The molecular formula is C12H14ClNO3. The van der Waals surface area contributed by atoms with Gasteiger partial charge < -0.3 is 15.2 Å². The Hall–Kier alpha value is -1.52. The van der Waals surface area contributed by atoms with Crippen LogP contribution < -0.4 is 10.1 Å². The van der Waals surface area contributed by atoms with E-state index in [0.29, 0.717) is 23.9 Å². The van der Waals surface area contributed by atoms with Crippen LogP contribution in [0.3, 0.4) is 0 Å². The molecule has 0 aliphatic carbocycles. The summed E-state index contributed by atoms with van der Waals surface area (Å²) in [6.07, 6.45) is 2.65. The lowest BCUT2D eigenvalue weighted by atomic mass is 10.2. The average Bonchev–Trinajstić information content (AvgIpc) is 2.28. The van der Waals surface area contributed by atoms with Gasteiger partial charge in [0.15, 0.2) is 0 Å². The summed E-state index contributed by atoms with van der Waals surface area (Å²) >= 11 is 5.97. The van der Waals surface area contributed by atoms with Crippen LogP contribution in [-0.4, -0.2) is 24.7 Å². The molecule has 0 fully saturated rings. The maximum absolute atomic E-state index is 10.2. The Bertz CT molecular complexity index is 418. The van der Waals surface area contributed by atoms with Crippen LogP contribution >= 0.6 is 11.6 Å². The summed E-state index contributed by atoms with van der Waals surface area (Å²) in [7, 11) is 1.57. The Labute approximate surface area is 105 Å². The van der Waals surface area contributed by atoms with Crippen molar-refractivity contribution in [3.63, 3.8) is 0 Å². The van der Waals surface area contributed by atoms with E-state index in [4.69, 9.17) is 21.4 Å². The van der Waals surface area contributed by atoms with E-state index in [-0.39, 0.29) is 0 Å². The number of aliphatic carboxylic acids is 1. The maximum Gasteiger partial charge on any atom is 0.328 e. The Kier molecular flexibility index (Phi) is 5.52. The third kappa shape index (κ3) is 4.89. The number of ether oxygens (including phenoxy) is 1. The predicted molar refractivity (Wildman–Crippen MR) is 66.5 cm³/mol. The molecule has 0 heterocycles. The number of nitrogens with one attached hydrogen (secondary N) is 1. The first kappa shape index (κ1) is 13.5. The SMILES string of the molecule is COc1ccc(CNC/C=C/C(=O)O)cc1Cl. The van der Waals surface area contributed by atoms with Crippen LogP contribution in [0.4, 0.5) is 0 Å². The van der Waals surface area contributed by atoms with Crippen molar-refractivity contribution < 1.29 is 14.6 Å². The fourth-order valence-corrected chi connectivity index (χ4v) is 1.56. The largest absolute Gasteiger partial charge is 0.495 e. The molecule has 0 saturated heterocycles. The van der Waals surface area contributed by atoms with Gasteiger partial charge in [0.1, 0.15) is 5.75 Å². The number of rotatable bonds is 6. The van der Waals surface area contributed by atoms with Gasteiger partial charge in [-0.3, -0.25) is 0 Å². The van der Waals surface area contributed by atoms with Crippen LogP contribution in [0.25, 0.3) is 0 Å². The molecule has 92 valence electrons. The van der Waals surface area contributed by atoms with E-state index in [1.807, 2.05) is 12.1 Å². The van der Waals surface area contributed by atoms with Gasteiger partial charge in [0.2, 0.25) is 0 Å². The molecule has 0 bridgehead atoms. The van der Waals surface area contributed by atoms with Crippen molar-refractivity contribution in [1.29, 1.82) is 0 Å². The second-order valence-electron chi connectivity index (χ2n) is 3.34. The molecule has 0 atom stereocenters. The molecule has 0 radical (unpaired) electrons. The molecule has 0 aliphatic heterocycles. The molecule has 5 heteroatoms. The summed E-state index contributed by atoms with van der Waals surface area (Å²) in [5, 5.41) is 12.0. The predicted octanol–water partition coefficient (Wildman–Crippen LogP) is 2.08. The molecule has 1 aromatic rings. The smallest absolute Gasteiger partial charge is 0.328 e. The van der Waals surface area contributed by atoms with E-state index in [9.17, 15) is 4.79 Å². The highest BCUT2D eigenvalue weighted by Crippen LogP contribution is 2.24. The number of carboxylic acid groups (broad SMARTS) is 1. The van der Waals surface area contributed by atoms with Crippen molar-refractivity contribution in [3.8, 4) is 5.75 Å². The summed E-state index contributed by atoms with van der Waals surface area (Å²) in [4.78, 5) is 10.2. The lowest BCUT2D eigenvalue weighted by Crippen LogP contribution is -2.13. The van der Waals surface area contributed by atoms with Crippen molar-refractivity contribution in [2.24, 2.45) is 0 Å². The highest BCUT2D eigenvalue weighted by atomic mass is 35.5. The third-order valence-corrected chi connectivity index (χ3v) is 2.36. The maximum atomic E-state index is 10.2. The Morgan fingerprint density at radius 3 is 2.94 bits per heavy atom. The molecule has 2 N–H and O–H groups in total. The Morgan fingerprint density at radius 2 is 2.35 bits per heavy atom. The molecule has 4 nitrogen and oxygen atoms in total. The molecule has 17 heavy (non-hydrogen) atoms. The lowest BCUT2D eigenvalue weighted by molar-refractivity contribution is -0.131. The van der Waals surface area contributed by atoms with E-state index in [1.54, 1.807) is 19.3 Å². The van der Waals surface area contributed by atoms with Gasteiger partial charge in [-0.25, -0.2) is 4.79 Å². The molecule has 0 unspecified atom stereocenters. The molecule has 0 amide bonds. The second-order valence-corrected chi connectivity index (χ2v) is 3.75. The molecule has 0 aliphatic rings. The van der Waals surface area contributed by atoms with Crippen LogP contribution in [0, 0.1) is 0 Å². The van der Waals surface area contributed by atoms with Crippen molar-refractivity contribution in [2.75, 3.05) is 13.7 Å². The first-order valence-electron chi connectivity index (χ1n) is 5.06. The number of hydrogen-bond acceptors (Lipinski definition) is 3. The fourth-order valence-electron chi connectivity index (χ4n) is 1.28. The van der Waals surface area contributed by atoms with Crippen LogP contribution in [0.1, 0.15) is 5.56 Å². The molecule has 0 aromatic heterocycles. The Morgan fingerprint density at radius 1 is 1.59 bits per heavy atom. The summed E-state index contributed by atoms with van der Waals surface area (Å²) in [5.41, 5.74) is 1.01. The van der Waals surface area contributed by atoms with Crippen molar-refractivity contribution in [2.45, 2.75) is 6.54 Å². The summed E-state index contributed by atoms with van der Waals surface area (Å²) in [6, 6.07) is 5.51. The normalized spacial score (nSPS) is 10.7. The second kappa shape index (κ2) is 6.93. The summed E-state index contributed by atoms with van der Waals surface area (Å²) in [6.45, 7) is 1.11. The first-order valence-corrected chi connectivity index (χ1v) is 5.44. The van der Waals surface area contributed by atoms with Crippen molar-refractivity contribution in [1.82, 2.24) is 5.32 Å². The number of hydrogen-bond donors (Lipinski definition) is 2. The number of methoxy groups -OCH3 is 1. The zero-order valence-electron chi connectivity index (χ0n) is 9.44. The summed E-state index contributed by atoms with van der Waals surface area (Å²) < 4.78 is 5.04. The summed E-state index contributed by atoms with van der Waals surface area (Å²) in [5.74, 6) is -0.305. The average molecular weight is 256 g/mol. The van der Waals surface area contributed by atoms with Gasteiger partial charge in [-0.1, -0.05) is 23.7 Å². The number of halogens is 1. The third-order valence-electron chi connectivity index (χ3n) is 2.07. The zero-order chi connectivity index (χ0) is 12.7. The fraction of sp³-hybridized carbons (Fsp3) is 0.250. The topological polar surface area (TPSA) is 58.6 Å². The van der Waals surface area contributed by atoms with E-state index < -0.39 is 5.97 Å². The van der Waals surface area contributed by atoms with Gasteiger partial charge >= 0.3 is 5.97 Å². The van der Waals surface area contributed by atoms with Gasteiger partial charge in [0.25, 0.3) is 0 Å². The Balaban J connectivity index is 2.42. The number of carbonyl (C=O) groups is 1. The molecule has 1 rings (SSSR count). The van der Waals surface area contributed by atoms with Gasteiger partial charge in [-0.2, -0.15) is 0 Å². The van der Waals surface area contributed by atoms with E-state index >= 15 is 0 Å². The van der Waals surface area contributed by atoms with Crippen LogP contribution in [-0.2, 0) is 11.3 Å². The number of carboxylic acids is 1.